The number of hydrogen-bond acceptors (Lipinski definition) is 5. The van der Waals surface area contributed by atoms with Crippen molar-refractivity contribution < 1.29 is 8.42 Å². The van der Waals surface area contributed by atoms with E-state index in [4.69, 9.17) is 0 Å². The molecule has 90 valence electrons. The molecular weight excluding hydrogens is 258 g/mol. The Hall–Kier alpha value is -1.47. The lowest BCUT2D eigenvalue weighted by Crippen LogP contribution is -2.08. The number of nitrogens with zero attached hydrogens (tertiary/aromatic N) is 2. The highest BCUT2D eigenvalue weighted by Gasteiger charge is 2.09. The lowest BCUT2D eigenvalue weighted by Gasteiger charge is -1.96. The summed E-state index contributed by atoms with van der Waals surface area (Å²) in [4.78, 5) is 0. The normalized spacial score (nSPS) is 11.4. The number of nitrogens with one attached hydrogen (secondary N) is 1. The Kier molecular flexibility index (Phi) is 3.12. The van der Waals surface area contributed by atoms with Crippen LogP contribution in [0.2, 0.25) is 0 Å². The number of benzene rings is 1. The summed E-state index contributed by atoms with van der Waals surface area (Å²) in [6.45, 7) is 2.00. The molecule has 1 aromatic heterocycles. The van der Waals surface area contributed by atoms with Crippen molar-refractivity contribution in [3.05, 3.63) is 29.8 Å². The van der Waals surface area contributed by atoms with E-state index >= 15 is 0 Å². The van der Waals surface area contributed by atoms with Gasteiger partial charge in [-0.2, -0.15) is 0 Å². The minimum absolute atomic E-state index is 0.281. The third-order valence-electron chi connectivity index (χ3n) is 2.00. The van der Waals surface area contributed by atoms with Crippen molar-refractivity contribution in [2.45, 2.75) is 6.92 Å². The number of hydrogen-bond donors (Lipinski definition) is 1. The van der Waals surface area contributed by atoms with Crippen LogP contribution in [-0.4, -0.2) is 24.9 Å². The van der Waals surface area contributed by atoms with Gasteiger partial charge in [0.2, 0.25) is 15.2 Å². The first-order valence-electron chi connectivity index (χ1n) is 4.82. The van der Waals surface area contributed by atoms with Crippen molar-refractivity contribution in [2.24, 2.45) is 0 Å². The van der Waals surface area contributed by atoms with Gasteiger partial charge in [-0.25, -0.2) is 8.42 Å². The Morgan fingerprint density at radius 1 is 1.18 bits per heavy atom. The summed E-state index contributed by atoms with van der Waals surface area (Å²) in [5.41, 5.74) is 2.09. The maximum absolute atomic E-state index is 11.0. The van der Waals surface area contributed by atoms with E-state index in [-0.39, 0.29) is 5.13 Å². The summed E-state index contributed by atoms with van der Waals surface area (Å²) in [5.74, 6) is 0. The van der Waals surface area contributed by atoms with Crippen molar-refractivity contribution in [2.75, 3.05) is 11.0 Å². The predicted molar refractivity (Wildman–Crippen MR) is 68.5 cm³/mol. The Bertz CT molecular complexity index is 617. The molecule has 0 amide bonds. The molecule has 0 atom stereocenters. The minimum Gasteiger partial charge on any atom is -0.257 e. The van der Waals surface area contributed by atoms with Crippen molar-refractivity contribution in [3.63, 3.8) is 0 Å². The second kappa shape index (κ2) is 4.42. The summed E-state index contributed by atoms with van der Waals surface area (Å²) >= 11 is 1.21. The fraction of sp³-hybridized carbons (Fsp3) is 0.200. The molecule has 0 aliphatic heterocycles. The number of anilines is 1. The molecule has 5 nitrogen and oxygen atoms in total. The summed E-state index contributed by atoms with van der Waals surface area (Å²) in [5, 5.41) is 8.69. The van der Waals surface area contributed by atoms with Crippen LogP contribution >= 0.6 is 11.3 Å². The average molecular weight is 269 g/mol. The maximum Gasteiger partial charge on any atom is 0.231 e. The molecule has 0 fully saturated rings. The Morgan fingerprint density at radius 3 is 2.41 bits per heavy atom. The topological polar surface area (TPSA) is 72.0 Å². The van der Waals surface area contributed by atoms with Crippen molar-refractivity contribution >= 4 is 26.5 Å². The molecular formula is C10H11N3O2S2. The van der Waals surface area contributed by atoms with Crippen molar-refractivity contribution in [3.8, 4) is 10.6 Å². The van der Waals surface area contributed by atoms with Crippen LogP contribution in [0.5, 0.6) is 0 Å². The summed E-state index contributed by atoms with van der Waals surface area (Å²) < 4.78 is 24.3. The molecule has 0 bridgehead atoms. The fourth-order valence-electron chi connectivity index (χ4n) is 1.24. The quantitative estimate of drug-likeness (QED) is 0.923. The Balaban J connectivity index is 2.27. The van der Waals surface area contributed by atoms with Gasteiger partial charge in [0, 0.05) is 5.56 Å². The van der Waals surface area contributed by atoms with Crippen LogP contribution in [-0.2, 0) is 10.0 Å². The third kappa shape index (κ3) is 3.24. The summed E-state index contributed by atoms with van der Waals surface area (Å²) in [6.07, 6.45) is 1.08. The molecule has 0 radical (unpaired) electrons. The molecule has 17 heavy (non-hydrogen) atoms. The first kappa shape index (κ1) is 12.0. The van der Waals surface area contributed by atoms with Gasteiger partial charge in [-0.05, 0) is 6.92 Å². The second-order valence-electron chi connectivity index (χ2n) is 3.65. The number of aryl methyl sites for hydroxylation is 1. The highest BCUT2D eigenvalue weighted by atomic mass is 32.2. The SMILES string of the molecule is Cc1ccc(-c2nnc(NS(C)(=O)=O)s2)cc1. The summed E-state index contributed by atoms with van der Waals surface area (Å²) in [7, 11) is -3.29. The first-order valence-corrected chi connectivity index (χ1v) is 7.53. The lowest BCUT2D eigenvalue weighted by atomic mass is 10.2. The molecule has 1 N–H and O–H groups in total. The smallest absolute Gasteiger partial charge is 0.231 e. The van der Waals surface area contributed by atoms with E-state index in [1.54, 1.807) is 0 Å². The van der Waals surface area contributed by atoms with Crippen LogP contribution < -0.4 is 4.72 Å². The van der Waals surface area contributed by atoms with Crippen LogP contribution in [0.1, 0.15) is 5.56 Å². The third-order valence-corrected chi connectivity index (χ3v) is 3.58. The van der Waals surface area contributed by atoms with Gasteiger partial charge in [0.1, 0.15) is 5.01 Å². The zero-order valence-corrected chi connectivity index (χ0v) is 11.0. The van der Waals surface area contributed by atoms with E-state index < -0.39 is 10.0 Å². The van der Waals surface area contributed by atoms with Crippen LogP contribution in [0.3, 0.4) is 0 Å². The van der Waals surface area contributed by atoms with Crippen LogP contribution in [0.4, 0.5) is 5.13 Å². The average Bonchev–Trinajstić information content (AvgIpc) is 2.64. The molecule has 1 heterocycles. The van der Waals surface area contributed by atoms with Gasteiger partial charge in [-0.15, -0.1) is 10.2 Å². The molecule has 2 aromatic rings. The van der Waals surface area contributed by atoms with Crippen LogP contribution in [0.15, 0.2) is 24.3 Å². The largest absolute Gasteiger partial charge is 0.257 e. The van der Waals surface area contributed by atoms with Crippen LogP contribution in [0.25, 0.3) is 10.6 Å². The van der Waals surface area contributed by atoms with Gasteiger partial charge in [0.05, 0.1) is 6.26 Å². The molecule has 7 heteroatoms. The van der Waals surface area contributed by atoms with Crippen molar-refractivity contribution in [1.82, 2.24) is 10.2 Å². The van der Waals surface area contributed by atoms with Gasteiger partial charge in [0.15, 0.2) is 0 Å². The lowest BCUT2D eigenvalue weighted by molar-refractivity contribution is 0.606. The first-order chi connectivity index (χ1) is 7.94. The Morgan fingerprint density at radius 2 is 1.82 bits per heavy atom. The van der Waals surface area contributed by atoms with E-state index in [1.807, 2.05) is 31.2 Å². The number of aromatic nitrogens is 2. The van der Waals surface area contributed by atoms with E-state index in [9.17, 15) is 8.42 Å². The molecule has 2 rings (SSSR count). The molecule has 0 unspecified atom stereocenters. The molecule has 0 aliphatic carbocycles. The molecule has 0 saturated carbocycles. The van der Waals surface area contributed by atoms with E-state index in [0.29, 0.717) is 5.01 Å². The standard InChI is InChI=1S/C10H11N3O2S2/c1-7-3-5-8(6-4-7)9-11-12-10(16-9)13-17(2,14)15/h3-6H,1-2H3,(H,12,13). The molecule has 0 saturated heterocycles. The van der Waals surface area contributed by atoms with Crippen molar-refractivity contribution in [1.29, 1.82) is 0 Å². The van der Waals surface area contributed by atoms with E-state index in [1.165, 1.54) is 11.3 Å². The van der Waals surface area contributed by atoms with E-state index in [0.717, 1.165) is 17.4 Å². The van der Waals surface area contributed by atoms with Gasteiger partial charge in [0.25, 0.3) is 0 Å². The zero-order chi connectivity index (χ0) is 12.5. The van der Waals surface area contributed by atoms with Gasteiger partial charge in [-0.1, -0.05) is 41.2 Å². The van der Waals surface area contributed by atoms with Gasteiger partial charge < -0.3 is 0 Å². The highest BCUT2D eigenvalue weighted by molar-refractivity contribution is 7.92. The maximum atomic E-state index is 11.0. The molecule has 1 aromatic carbocycles. The zero-order valence-electron chi connectivity index (χ0n) is 9.34. The van der Waals surface area contributed by atoms with Gasteiger partial charge in [-0.3, -0.25) is 4.72 Å². The monoisotopic (exact) mass is 269 g/mol. The number of sulfonamides is 1. The Labute approximate surface area is 104 Å². The fourth-order valence-corrected chi connectivity index (χ4v) is 2.82. The highest BCUT2D eigenvalue weighted by Crippen LogP contribution is 2.26. The summed E-state index contributed by atoms with van der Waals surface area (Å²) in [6, 6.07) is 7.81. The second-order valence-corrected chi connectivity index (χ2v) is 6.38. The minimum atomic E-state index is -3.29. The van der Waals surface area contributed by atoms with E-state index in [2.05, 4.69) is 14.9 Å². The van der Waals surface area contributed by atoms with Gasteiger partial charge >= 0.3 is 0 Å². The molecule has 0 spiro atoms. The van der Waals surface area contributed by atoms with Crippen LogP contribution in [0, 0.1) is 6.92 Å². The predicted octanol–water partition coefficient (Wildman–Crippen LogP) is 1.89. The number of rotatable bonds is 3. The molecule has 0 aliphatic rings.